The van der Waals surface area contributed by atoms with E-state index < -0.39 is 30.5 Å². The number of carboxylic acid groups (broad SMARTS) is 1. The molecule has 25 heavy (non-hydrogen) atoms. The van der Waals surface area contributed by atoms with Crippen LogP contribution in [0.3, 0.4) is 0 Å². The minimum absolute atomic E-state index is 0.149. The van der Waals surface area contributed by atoms with Crippen molar-refractivity contribution in [1.29, 1.82) is 0 Å². The van der Waals surface area contributed by atoms with Crippen molar-refractivity contribution < 1.29 is 23.9 Å². The maximum Gasteiger partial charge on any atom is 0.328 e. The van der Waals surface area contributed by atoms with Crippen molar-refractivity contribution in [2.24, 2.45) is 5.92 Å². The number of alkyl halides is 1. The second-order valence-corrected chi connectivity index (χ2v) is 6.52. The first-order valence-electron chi connectivity index (χ1n) is 8.28. The summed E-state index contributed by atoms with van der Waals surface area (Å²) in [6.07, 6.45) is 1.18. The number of carbonyl (C=O) groups excluding carboxylic acids is 2. The van der Waals surface area contributed by atoms with Gasteiger partial charge in [0.15, 0.2) is 6.04 Å². The van der Waals surface area contributed by atoms with Crippen LogP contribution in [0.25, 0.3) is 0 Å². The van der Waals surface area contributed by atoms with E-state index in [9.17, 15) is 18.8 Å². The van der Waals surface area contributed by atoms with E-state index in [1.807, 2.05) is 32.0 Å². The highest BCUT2D eigenvalue weighted by Gasteiger charge is 2.31. The topological polar surface area (TPSA) is 86.7 Å². The van der Waals surface area contributed by atoms with Crippen LogP contribution in [-0.4, -0.2) is 53.6 Å². The summed E-state index contributed by atoms with van der Waals surface area (Å²) in [6.45, 7) is 3.41. The molecule has 136 valence electrons. The maximum atomic E-state index is 12.7. The summed E-state index contributed by atoms with van der Waals surface area (Å²) in [7, 11) is 0. The van der Waals surface area contributed by atoms with Gasteiger partial charge in [0.2, 0.25) is 5.91 Å². The fourth-order valence-corrected chi connectivity index (χ4v) is 3.11. The quantitative estimate of drug-likeness (QED) is 0.846. The Labute approximate surface area is 146 Å². The third-order valence-electron chi connectivity index (χ3n) is 4.32. The first kappa shape index (κ1) is 18.9. The number of benzene rings is 1. The number of hydrogen-bond acceptors (Lipinski definition) is 3. The van der Waals surface area contributed by atoms with Crippen molar-refractivity contribution in [3.63, 3.8) is 0 Å². The molecular formula is C18H23FN2O4. The van der Waals surface area contributed by atoms with Gasteiger partial charge in [-0.25, -0.2) is 9.18 Å². The molecule has 1 aromatic carbocycles. The number of likely N-dealkylation sites (tertiary alicyclic amines) is 1. The minimum Gasteiger partial charge on any atom is -0.480 e. The predicted molar refractivity (Wildman–Crippen MR) is 90.1 cm³/mol. The van der Waals surface area contributed by atoms with Gasteiger partial charge in [-0.05, 0) is 38.8 Å². The van der Waals surface area contributed by atoms with E-state index in [-0.39, 0.29) is 12.5 Å². The molecule has 0 aliphatic carbocycles. The highest BCUT2D eigenvalue weighted by Crippen LogP contribution is 2.20. The first-order valence-corrected chi connectivity index (χ1v) is 8.28. The van der Waals surface area contributed by atoms with Crippen LogP contribution in [0, 0.1) is 19.8 Å². The van der Waals surface area contributed by atoms with Crippen LogP contribution in [-0.2, 0) is 9.59 Å². The average Bonchev–Trinajstić information content (AvgIpc) is 2.57. The normalized spacial score (nSPS) is 18.5. The van der Waals surface area contributed by atoms with Gasteiger partial charge < -0.3 is 15.3 Å². The summed E-state index contributed by atoms with van der Waals surface area (Å²) in [4.78, 5) is 37.4. The number of carbonyl (C=O) groups is 3. The smallest absolute Gasteiger partial charge is 0.328 e. The number of piperidine rings is 1. The molecule has 2 unspecified atom stereocenters. The summed E-state index contributed by atoms with van der Waals surface area (Å²) in [5, 5.41) is 11.0. The van der Waals surface area contributed by atoms with Crippen LogP contribution in [0.1, 0.15) is 34.3 Å². The molecule has 1 aliphatic rings. The monoisotopic (exact) mass is 350 g/mol. The zero-order valence-corrected chi connectivity index (χ0v) is 14.4. The van der Waals surface area contributed by atoms with Crippen LogP contribution in [0.2, 0.25) is 0 Å². The van der Waals surface area contributed by atoms with E-state index in [4.69, 9.17) is 5.11 Å². The Morgan fingerprint density at radius 1 is 1.28 bits per heavy atom. The lowest BCUT2D eigenvalue weighted by Crippen LogP contribution is -2.50. The number of carboxylic acids is 1. The van der Waals surface area contributed by atoms with Gasteiger partial charge in [0.05, 0.1) is 5.92 Å². The molecule has 1 saturated heterocycles. The molecule has 1 heterocycles. The Morgan fingerprint density at radius 2 is 1.92 bits per heavy atom. The van der Waals surface area contributed by atoms with Gasteiger partial charge >= 0.3 is 5.97 Å². The van der Waals surface area contributed by atoms with Gasteiger partial charge in [0.25, 0.3) is 5.91 Å². The lowest BCUT2D eigenvalue weighted by Gasteiger charge is -2.32. The van der Waals surface area contributed by atoms with Crippen LogP contribution in [0.4, 0.5) is 4.39 Å². The number of aliphatic carboxylic acids is 1. The number of hydrogen-bond donors (Lipinski definition) is 2. The molecule has 2 N–H and O–H groups in total. The zero-order chi connectivity index (χ0) is 18.6. The summed E-state index contributed by atoms with van der Waals surface area (Å²) < 4.78 is 12.7. The molecule has 6 nitrogen and oxygen atoms in total. The number of nitrogens with zero attached hydrogens (tertiary/aromatic N) is 1. The Hall–Kier alpha value is -2.44. The molecule has 7 heteroatoms. The molecule has 0 spiro atoms. The number of rotatable bonds is 5. The molecule has 0 saturated carbocycles. The van der Waals surface area contributed by atoms with Gasteiger partial charge in [-0.2, -0.15) is 0 Å². The molecule has 1 aliphatic heterocycles. The standard InChI is InChI=1S/C18H23FN2O4/c1-11-6-12(2)8-14(7-11)17(23)21-5-3-4-13(10-21)16(22)20-15(9-19)18(24)25/h6-8,13,15H,3-5,9-10H2,1-2H3,(H,20,22)(H,24,25). The molecule has 2 atom stereocenters. The summed E-state index contributed by atoms with van der Waals surface area (Å²) in [6, 6.07) is 4.05. The Morgan fingerprint density at radius 3 is 2.48 bits per heavy atom. The first-order chi connectivity index (χ1) is 11.8. The Bertz CT molecular complexity index is 657. The fraction of sp³-hybridized carbons (Fsp3) is 0.500. The van der Waals surface area contributed by atoms with Crippen molar-refractivity contribution >= 4 is 17.8 Å². The predicted octanol–water partition coefficient (Wildman–Crippen LogP) is 1.69. The fourth-order valence-electron chi connectivity index (χ4n) is 3.11. The van der Waals surface area contributed by atoms with E-state index >= 15 is 0 Å². The Balaban J connectivity index is 2.05. The van der Waals surface area contributed by atoms with Crippen molar-refractivity contribution in [2.45, 2.75) is 32.7 Å². The highest BCUT2D eigenvalue weighted by atomic mass is 19.1. The van der Waals surface area contributed by atoms with Crippen molar-refractivity contribution in [3.05, 3.63) is 34.9 Å². The number of aryl methyl sites for hydroxylation is 2. The van der Waals surface area contributed by atoms with Crippen molar-refractivity contribution in [1.82, 2.24) is 10.2 Å². The van der Waals surface area contributed by atoms with Gasteiger partial charge in [0, 0.05) is 18.7 Å². The largest absolute Gasteiger partial charge is 0.480 e. The molecule has 1 fully saturated rings. The van der Waals surface area contributed by atoms with Crippen LogP contribution in [0.5, 0.6) is 0 Å². The summed E-state index contributed by atoms with van der Waals surface area (Å²) in [5.74, 6) is -2.61. The second-order valence-electron chi connectivity index (χ2n) is 6.52. The number of nitrogens with one attached hydrogen (secondary N) is 1. The average molecular weight is 350 g/mol. The summed E-state index contributed by atoms with van der Waals surface area (Å²) in [5.41, 5.74) is 2.55. The van der Waals surface area contributed by atoms with E-state index in [0.29, 0.717) is 24.9 Å². The summed E-state index contributed by atoms with van der Waals surface area (Å²) >= 11 is 0. The molecule has 0 bridgehead atoms. The van der Waals surface area contributed by atoms with E-state index in [1.165, 1.54) is 0 Å². The van der Waals surface area contributed by atoms with Gasteiger partial charge in [-0.3, -0.25) is 9.59 Å². The third kappa shape index (κ3) is 4.78. The van der Waals surface area contributed by atoms with Gasteiger partial charge in [-0.1, -0.05) is 17.2 Å². The zero-order valence-electron chi connectivity index (χ0n) is 14.4. The SMILES string of the molecule is Cc1cc(C)cc(C(=O)N2CCCC(C(=O)NC(CF)C(=O)O)C2)c1. The van der Waals surface area contributed by atoms with Crippen molar-refractivity contribution in [2.75, 3.05) is 19.8 Å². The Kier molecular flexibility index (Phi) is 6.12. The van der Waals surface area contributed by atoms with Gasteiger partial charge in [-0.15, -0.1) is 0 Å². The minimum atomic E-state index is -1.54. The number of halogens is 1. The molecular weight excluding hydrogens is 327 g/mol. The lowest BCUT2D eigenvalue weighted by atomic mass is 9.95. The molecule has 2 amide bonds. The van der Waals surface area contributed by atoms with Crippen LogP contribution >= 0.6 is 0 Å². The van der Waals surface area contributed by atoms with Crippen LogP contribution in [0.15, 0.2) is 18.2 Å². The molecule has 2 rings (SSSR count). The maximum absolute atomic E-state index is 12.7. The molecule has 0 aromatic heterocycles. The van der Waals surface area contributed by atoms with Gasteiger partial charge in [0.1, 0.15) is 6.67 Å². The van der Waals surface area contributed by atoms with E-state index in [1.54, 1.807) is 4.90 Å². The third-order valence-corrected chi connectivity index (χ3v) is 4.32. The molecule has 0 radical (unpaired) electrons. The van der Waals surface area contributed by atoms with E-state index in [0.717, 1.165) is 11.1 Å². The van der Waals surface area contributed by atoms with Crippen molar-refractivity contribution in [3.8, 4) is 0 Å². The number of amides is 2. The highest BCUT2D eigenvalue weighted by molar-refractivity contribution is 5.95. The van der Waals surface area contributed by atoms with Crippen LogP contribution < -0.4 is 5.32 Å². The van der Waals surface area contributed by atoms with E-state index in [2.05, 4.69) is 5.32 Å². The molecule has 1 aromatic rings. The lowest BCUT2D eigenvalue weighted by molar-refractivity contribution is -0.143. The second kappa shape index (κ2) is 8.09.